The fraction of sp³-hybridized carbons (Fsp3) is 0.133. The molecule has 0 aliphatic carbocycles. The highest BCUT2D eigenvalue weighted by atomic mass is 16.6. The van der Waals surface area contributed by atoms with Crippen molar-refractivity contribution in [2.45, 2.75) is 0 Å². The Morgan fingerprint density at radius 1 is 1.09 bits per heavy atom. The van der Waals surface area contributed by atoms with Crippen LogP contribution in [0.25, 0.3) is 0 Å². The van der Waals surface area contributed by atoms with E-state index in [1.807, 2.05) is 0 Å². The topological polar surface area (TPSA) is 98.9 Å². The summed E-state index contributed by atoms with van der Waals surface area (Å²) in [4.78, 5) is 22.5. The lowest BCUT2D eigenvalue weighted by Gasteiger charge is -2.19. The minimum Gasteiger partial charge on any atom is -0.507 e. The average Bonchev–Trinajstić information content (AvgIpc) is 2.53. The van der Waals surface area contributed by atoms with Crippen molar-refractivity contribution in [1.29, 1.82) is 0 Å². The molecule has 0 radical (unpaired) electrons. The van der Waals surface area contributed by atoms with Crippen LogP contribution in [0.15, 0.2) is 36.4 Å². The molecule has 3 rings (SSSR count). The predicted molar refractivity (Wildman–Crippen MR) is 75.6 cm³/mol. The number of aromatic hydroxyl groups is 1. The zero-order valence-corrected chi connectivity index (χ0v) is 11.3. The number of ketones is 1. The van der Waals surface area contributed by atoms with E-state index >= 15 is 0 Å². The number of nitro benzene ring substituents is 1. The number of phenolic OH excluding ortho intramolecular Hbond substituents is 1. The zero-order chi connectivity index (χ0) is 15.7. The van der Waals surface area contributed by atoms with Crippen LogP contribution in [0, 0.1) is 10.1 Å². The van der Waals surface area contributed by atoms with Crippen molar-refractivity contribution in [3.63, 3.8) is 0 Å². The second-order valence-corrected chi connectivity index (χ2v) is 4.65. The van der Waals surface area contributed by atoms with Gasteiger partial charge in [0.05, 0.1) is 10.5 Å². The molecular weight excluding hydrogens is 290 g/mol. The molecule has 0 bridgehead atoms. The van der Waals surface area contributed by atoms with Crippen molar-refractivity contribution in [3.8, 4) is 17.2 Å². The maximum Gasteiger partial charge on any atom is 0.269 e. The second kappa shape index (κ2) is 5.36. The number of carbonyl (C=O) groups is 1. The van der Waals surface area contributed by atoms with Gasteiger partial charge in [0.2, 0.25) is 0 Å². The molecule has 112 valence electrons. The van der Waals surface area contributed by atoms with Crippen LogP contribution in [0.2, 0.25) is 0 Å². The number of fused-ring (bicyclic) bond motifs is 1. The number of carbonyl (C=O) groups excluding carboxylic acids is 1. The number of nitro groups is 1. The fourth-order valence-electron chi connectivity index (χ4n) is 2.15. The van der Waals surface area contributed by atoms with Crippen molar-refractivity contribution >= 4 is 11.5 Å². The third-order valence-electron chi connectivity index (χ3n) is 3.25. The number of hydrogen-bond acceptors (Lipinski definition) is 6. The molecule has 0 unspecified atom stereocenters. The fourth-order valence-corrected chi connectivity index (χ4v) is 2.15. The first-order valence-electron chi connectivity index (χ1n) is 6.48. The van der Waals surface area contributed by atoms with Gasteiger partial charge in [0.1, 0.15) is 19.0 Å². The Balaban J connectivity index is 1.96. The molecule has 7 heteroatoms. The van der Waals surface area contributed by atoms with Gasteiger partial charge in [0, 0.05) is 23.8 Å². The van der Waals surface area contributed by atoms with E-state index in [-0.39, 0.29) is 22.6 Å². The summed E-state index contributed by atoms with van der Waals surface area (Å²) < 4.78 is 10.7. The molecule has 2 aromatic carbocycles. The van der Waals surface area contributed by atoms with E-state index in [0.717, 1.165) is 0 Å². The first-order valence-corrected chi connectivity index (χ1v) is 6.48. The Morgan fingerprint density at radius 2 is 1.68 bits per heavy atom. The molecule has 7 nitrogen and oxygen atoms in total. The summed E-state index contributed by atoms with van der Waals surface area (Å²) in [6.07, 6.45) is 0. The molecule has 1 heterocycles. The quantitative estimate of drug-likeness (QED) is 0.530. The van der Waals surface area contributed by atoms with Crippen molar-refractivity contribution in [2.75, 3.05) is 13.2 Å². The lowest BCUT2D eigenvalue weighted by molar-refractivity contribution is -0.384. The SMILES string of the molecule is O=C(c1ccc([N+](=O)[O-])cc1)c1cc2c(cc1O)OCCO2. The van der Waals surface area contributed by atoms with E-state index in [0.29, 0.717) is 24.7 Å². The molecule has 22 heavy (non-hydrogen) atoms. The Kier molecular flexibility index (Phi) is 3.38. The molecule has 1 aliphatic heterocycles. The van der Waals surface area contributed by atoms with Gasteiger partial charge in [0.15, 0.2) is 17.3 Å². The van der Waals surface area contributed by atoms with Gasteiger partial charge in [-0.1, -0.05) is 0 Å². The summed E-state index contributed by atoms with van der Waals surface area (Å²) in [7, 11) is 0. The number of benzene rings is 2. The molecule has 0 saturated heterocycles. The third-order valence-corrected chi connectivity index (χ3v) is 3.25. The Bertz CT molecular complexity index is 753. The van der Waals surface area contributed by atoms with Crippen LogP contribution in [-0.2, 0) is 0 Å². The van der Waals surface area contributed by atoms with Gasteiger partial charge in [-0.3, -0.25) is 14.9 Å². The van der Waals surface area contributed by atoms with Gasteiger partial charge >= 0.3 is 0 Å². The molecule has 1 N–H and O–H groups in total. The minimum atomic E-state index is -0.546. The largest absolute Gasteiger partial charge is 0.507 e. The number of non-ortho nitro benzene ring substituents is 1. The first-order chi connectivity index (χ1) is 10.6. The number of nitrogens with zero attached hydrogens (tertiary/aromatic N) is 1. The predicted octanol–water partition coefficient (Wildman–Crippen LogP) is 2.30. The summed E-state index contributed by atoms with van der Waals surface area (Å²) in [5, 5.41) is 20.6. The maximum absolute atomic E-state index is 12.4. The summed E-state index contributed by atoms with van der Waals surface area (Å²) in [6.45, 7) is 0.741. The Labute approximate surface area is 124 Å². The van der Waals surface area contributed by atoms with Crippen molar-refractivity contribution < 1.29 is 24.3 Å². The highest BCUT2D eigenvalue weighted by Gasteiger charge is 2.21. The summed E-state index contributed by atoms with van der Waals surface area (Å²) in [5.74, 6) is 0.0790. The zero-order valence-electron chi connectivity index (χ0n) is 11.3. The molecule has 1 aliphatic rings. The molecule has 2 aromatic rings. The van der Waals surface area contributed by atoms with Crippen LogP contribution in [0.1, 0.15) is 15.9 Å². The van der Waals surface area contributed by atoms with Crippen LogP contribution in [0.3, 0.4) is 0 Å². The average molecular weight is 301 g/mol. The van der Waals surface area contributed by atoms with E-state index in [1.165, 1.54) is 36.4 Å². The van der Waals surface area contributed by atoms with Crippen LogP contribution >= 0.6 is 0 Å². The molecule has 0 fully saturated rings. The number of hydrogen-bond donors (Lipinski definition) is 1. The number of rotatable bonds is 3. The van der Waals surface area contributed by atoms with E-state index in [1.54, 1.807) is 0 Å². The van der Waals surface area contributed by atoms with Gasteiger partial charge in [-0.2, -0.15) is 0 Å². The summed E-state index contributed by atoms with van der Waals surface area (Å²) >= 11 is 0. The molecule has 0 aromatic heterocycles. The summed E-state index contributed by atoms with van der Waals surface area (Å²) in [5.41, 5.74) is 0.179. The van der Waals surface area contributed by atoms with Crippen LogP contribution in [0.5, 0.6) is 17.2 Å². The normalized spacial score (nSPS) is 12.7. The highest BCUT2D eigenvalue weighted by Crippen LogP contribution is 2.37. The number of phenols is 1. The van der Waals surface area contributed by atoms with E-state index in [9.17, 15) is 20.0 Å². The highest BCUT2D eigenvalue weighted by molar-refractivity contribution is 6.11. The van der Waals surface area contributed by atoms with Crippen LogP contribution in [0.4, 0.5) is 5.69 Å². The molecule has 0 atom stereocenters. The van der Waals surface area contributed by atoms with E-state index in [2.05, 4.69) is 0 Å². The van der Waals surface area contributed by atoms with Crippen molar-refractivity contribution in [3.05, 3.63) is 57.6 Å². The smallest absolute Gasteiger partial charge is 0.269 e. The van der Waals surface area contributed by atoms with Crippen LogP contribution in [-0.4, -0.2) is 29.0 Å². The number of ether oxygens (including phenoxy) is 2. The second-order valence-electron chi connectivity index (χ2n) is 4.65. The van der Waals surface area contributed by atoms with Crippen molar-refractivity contribution in [1.82, 2.24) is 0 Å². The standard InChI is InChI=1S/C15H11NO6/c17-12-8-14-13(21-5-6-22-14)7-11(12)15(18)9-1-3-10(4-2-9)16(19)20/h1-4,7-8,17H,5-6H2. The van der Waals surface area contributed by atoms with E-state index < -0.39 is 10.7 Å². The van der Waals surface area contributed by atoms with Gasteiger partial charge in [0.25, 0.3) is 5.69 Å². The monoisotopic (exact) mass is 301 g/mol. The molecule has 0 spiro atoms. The Hall–Kier alpha value is -3.09. The Morgan fingerprint density at radius 3 is 2.27 bits per heavy atom. The van der Waals surface area contributed by atoms with Gasteiger partial charge < -0.3 is 14.6 Å². The van der Waals surface area contributed by atoms with E-state index in [4.69, 9.17) is 9.47 Å². The minimum absolute atomic E-state index is 0.0538. The van der Waals surface area contributed by atoms with Gasteiger partial charge in [-0.25, -0.2) is 0 Å². The summed E-state index contributed by atoms with van der Waals surface area (Å²) in [6, 6.07) is 7.90. The maximum atomic E-state index is 12.4. The van der Waals surface area contributed by atoms with Crippen LogP contribution < -0.4 is 9.47 Å². The van der Waals surface area contributed by atoms with Gasteiger partial charge in [-0.15, -0.1) is 0 Å². The lowest BCUT2D eigenvalue weighted by Crippen LogP contribution is -2.16. The van der Waals surface area contributed by atoms with Crippen molar-refractivity contribution in [2.24, 2.45) is 0 Å². The molecule has 0 amide bonds. The molecule has 0 saturated carbocycles. The van der Waals surface area contributed by atoms with Gasteiger partial charge in [-0.05, 0) is 18.2 Å². The first kappa shape index (κ1) is 13.9. The third kappa shape index (κ3) is 2.44. The molecular formula is C15H11NO6. The lowest BCUT2D eigenvalue weighted by atomic mass is 10.0.